The maximum atomic E-state index is 13.3. The summed E-state index contributed by atoms with van der Waals surface area (Å²) in [6.45, 7) is 4.03. The molecule has 0 spiro atoms. The minimum atomic E-state index is -5.08. The van der Waals surface area contributed by atoms with Gasteiger partial charge < -0.3 is 30.5 Å². The van der Waals surface area contributed by atoms with Crippen molar-refractivity contribution in [2.75, 3.05) is 39.5 Å². The van der Waals surface area contributed by atoms with Crippen LogP contribution >= 0.6 is 11.8 Å². The zero-order valence-corrected chi connectivity index (χ0v) is 23.9. The highest BCUT2D eigenvalue weighted by Gasteiger charge is 2.52. The number of halogens is 3. The van der Waals surface area contributed by atoms with E-state index in [1.54, 1.807) is 25.1 Å². The molecule has 14 nitrogen and oxygen atoms in total. The van der Waals surface area contributed by atoms with Gasteiger partial charge in [0, 0.05) is 38.5 Å². The van der Waals surface area contributed by atoms with E-state index in [9.17, 15) is 42.3 Å². The van der Waals surface area contributed by atoms with E-state index in [4.69, 9.17) is 20.4 Å². The van der Waals surface area contributed by atoms with E-state index >= 15 is 0 Å². The molecule has 0 radical (unpaired) electrons. The number of allylic oxidation sites excluding steroid dienone is 1. The maximum absolute atomic E-state index is 13.3. The summed E-state index contributed by atoms with van der Waals surface area (Å²) >= 11 is 1.36. The number of alkyl halides is 3. The van der Waals surface area contributed by atoms with Gasteiger partial charge in [-0.1, -0.05) is 12.7 Å². The molecular formula is C25H30F3N5O9S. The number of amides is 4. The molecule has 236 valence electrons. The van der Waals surface area contributed by atoms with E-state index in [-0.39, 0.29) is 37.1 Å². The average molecular weight is 634 g/mol. The number of thioether (sulfide) groups is 1. The SMILES string of the molecule is C=CCOC(=O)N1C[C@@H](N2CCC(=CC3=C(C(=O)O)N4C(=O)[C@@H](N)[C@H]4SC3)C2=O)C[C@@H]1C(=O)N(C)C.O=C(O)C(F)(F)F. The highest BCUT2D eigenvalue weighted by molar-refractivity contribution is 8.00. The van der Waals surface area contributed by atoms with Crippen LogP contribution in [-0.2, 0) is 28.7 Å². The number of rotatable bonds is 6. The summed E-state index contributed by atoms with van der Waals surface area (Å²) in [5.74, 6) is -4.69. The molecule has 0 saturated carbocycles. The molecule has 0 bridgehead atoms. The predicted molar refractivity (Wildman–Crippen MR) is 143 cm³/mol. The molecule has 0 aromatic rings. The first kappa shape index (κ1) is 33.4. The minimum Gasteiger partial charge on any atom is -0.477 e. The van der Waals surface area contributed by atoms with E-state index in [2.05, 4.69) is 6.58 Å². The van der Waals surface area contributed by atoms with Crippen molar-refractivity contribution in [1.29, 1.82) is 0 Å². The van der Waals surface area contributed by atoms with Crippen molar-refractivity contribution in [3.8, 4) is 0 Å². The fourth-order valence-electron chi connectivity index (χ4n) is 4.96. The van der Waals surface area contributed by atoms with Gasteiger partial charge in [0.15, 0.2) is 0 Å². The van der Waals surface area contributed by atoms with E-state index in [0.717, 1.165) is 0 Å². The van der Waals surface area contributed by atoms with Gasteiger partial charge in [0.05, 0.1) is 6.04 Å². The zero-order valence-electron chi connectivity index (χ0n) is 23.1. The topological polar surface area (TPSA) is 191 Å². The lowest BCUT2D eigenvalue weighted by atomic mass is 10.0. The summed E-state index contributed by atoms with van der Waals surface area (Å²) < 4.78 is 36.9. The van der Waals surface area contributed by atoms with Gasteiger partial charge in [-0.05, 0) is 24.5 Å². The van der Waals surface area contributed by atoms with Gasteiger partial charge in [0.1, 0.15) is 29.8 Å². The van der Waals surface area contributed by atoms with Gasteiger partial charge in [-0.25, -0.2) is 14.4 Å². The van der Waals surface area contributed by atoms with Crippen molar-refractivity contribution in [2.24, 2.45) is 5.73 Å². The van der Waals surface area contributed by atoms with E-state index < -0.39 is 53.6 Å². The number of nitrogens with two attached hydrogens (primary N) is 1. The molecule has 4 aliphatic rings. The molecule has 4 atom stereocenters. The average Bonchev–Trinajstić information content (AvgIpc) is 3.53. The number of carbonyl (C=O) groups is 6. The van der Waals surface area contributed by atoms with Crippen molar-refractivity contribution >= 4 is 47.5 Å². The summed E-state index contributed by atoms with van der Waals surface area (Å²) in [5.41, 5.74) is 6.46. The second-order valence-electron chi connectivity index (χ2n) is 9.99. The van der Waals surface area contributed by atoms with Gasteiger partial charge in [-0.2, -0.15) is 13.2 Å². The molecule has 4 amide bonds. The number of β-lactam (4-membered cyclic amide) rings is 1. The summed E-state index contributed by atoms with van der Waals surface area (Å²) in [6.07, 6.45) is -2.11. The Hall–Kier alpha value is -4.06. The van der Waals surface area contributed by atoms with Crippen LogP contribution in [0.4, 0.5) is 18.0 Å². The molecule has 0 aromatic heterocycles. The predicted octanol–water partition coefficient (Wildman–Crippen LogP) is 0.213. The molecule has 18 heteroatoms. The highest BCUT2D eigenvalue weighted by atomic mass is 32.2. The van der Waals surface area contributed by atoms with Crippen LogP contribution in [0.5, 0.6) is 0 Å². The molecule has 0 unspecified atom stereocenters. The Morgan fingerprint density at radius 2 is 1.84 bits per heavy atom. The first-order chi connectivity index (χ1) is 20.0. The number of hydrogen-bond donors (Lipinski definition) is 3. The molecule has 4 aliphatic heterocycles. The van der Waals surface area contributed by atoms with E-state index in [0.29, 0.717) is 29.9 Å². The molecule has 43 heavy (non-hydrogen) atoms. The number of likely N-dealkylation sites (tertiary alicyclic amines) is 2. The fourth-order valence-corrected chi connectivity index (χ4v) is 6.22. The molecule has 3 fully saturated rings. The Labute approximate surface area is 247 Å². The van der Waals surface area contributed by atoms with Gasteiger partial charge in [-0.3, -0.25) is 24.2 Å². The van der Waals surface area contributed by atoms with Crippen LogP contribution in [0, 0.1) is 0 Å². The summed E-state index contributed by atoms with van der Waals surface area (Å²) in [4.78, 5) is 77.2. The van der Waals surface area contributed by atoms with Gasteiger partial charge in [0.25, 0.3) is 0 Å². The van der Waals surface area contributed by atoms with Crippen molar-refractivity contribution in [1.82, 2.24) is 19.6 Å². The third kappa shape index (κ3) is 6.96. The Morgan fingerprint density at radius 3 is 2.37 bits per heavy atom. The van der Waals surface area contributed by atoms with Crippen molar-refractivity contribution in [2.45, 2.75) is 42.5 Å². The van der Waals surface area contributed by atoms with Gasteiger partial charge in [-0.15, -0.1) is 11.8 Å². The second kappa shape index (κ2) is 13.1. The molecule has 4 N–H and O–H groups in total. The normalized spacial score (nSPS) is 26.0. The molecule has 4 heterocycles. The summed E-state index contributed by atoms with van der Waals surface area (Å²) in [7, 11) is 3.20. The highest BCUT2D eigenvalue weighted by Crippen LogP contribution is 2.40. The largest absolute Gasteiger partial charge is 0.490 e. The molecule has 4 rings (SSSR count). The van der Waals surface area contributed by atoms with Crippen LogP contribution in [0.15, 0.2) is 35.6 Å². The molecular weight excluding hydrogens is 603 g/mol. The molecule has 3 saturated heterocycles. The Bertz CT molecular complexity index is 1290. The van der Waals surface area contributed by atoms with Crippen molar-refractivity contribution < 1.29 is 56.9 Å². The third-order valence-corrected chi connectivity index (χ3v) is 8.32. The lowest BCUT2D eigenvalue weighted by Crippen LogP contribution is -2.68. The number of carboxylic acids is 2. The smallest absolute Gasteiger partial charge is 0.477 e. The van der Waals surface area contributed by atoms with Crippen LogP contribution in [-0.4, -0.2) is 135 Å². The maximum Gasteiger partial charge on any atom is 0.490 e. The van der Waals surface area contributed by atoms with Crippen molar-refractivity contribution in [3.63, 3.8) is 0 Å². The minimum absolute atomic E-state index is 0.00270. The Morgan fingerprint density at radius 1 is 1.21 bits per heavy atom. The third-order valence-electron chi connectivity index (χ3n) is 6.99. The standard InChI is InChI=1S/C23H29N5O7S.C2HF3O2/c1-4-7-35-23(34)27-10-14(9-15(27)19(30)25(2)3)26-6-5-12(18(26)29)8-13-11-36-21-16(24)20(31)28(21)17(13)22(32)33;3-2(4,5)1(6)7/h4,8,14-16,21H,1,5-7,9-11,24H2,2-3H3,(H,32,33);(H,6,7)/t14-,15+,16+,21+;/m0./s1. The quantitative estimate of drug-likeness (QED) is 0.206. The van der Waals surface area contributed by atoms with Crippen LogP contribution < -0.4 is 5.73 Å². The number of aliphatic carboxylic acids is 2. The molecule has 0 aliphatic carbocycles. The van der Waals surface area contributed by atoms with Gasteiger partial charge in [0.2, 0.25) is 17.7 Å². The van der Waals surface area contributed by atoms with Gasteiger partial charge >= 0.3 is 24.2 Å². The number of carboxylic acid groups (broad SMARTS) is 2. The number of nitrogens with zero attached hydrogens (tertiary/aromatic N) is 4. The van der Waals surface area contributed by atoms with E-state index in [1.165, 1.54) is 32.5 Å². The van der Waals surface area contributed by atoms with Crippen LogP contribution in [0.3, 0.4) is 0 Å². The lowest BCUT2D eigenvalue weighted by molar-refractivity contribution is -0.192. The number of hydrogen-bond acceptors (Lipinski definition) is 9. The Balaban J connectivity index is 0.000000646. The number of carbonyl (C=O) groups excluding carboxylic acids is 4. The summed E-state index contributed by atoms with van der Waals surface area (Å²) in [6, 6.07) is -1.90. The fraction of sp³-hybridized carbons (Fsp3) is 0.520. The summed E-state index contributed by atoms with van der Waals surface area (Å²) in [5, 5.41) is 16.5. The van der Waals surface area contributed by atoms with Crippen LogP contribution in [0.1, 0.15) is 12.8 Å². The zero-order chi connectivity index (χ0) is 32.4. The Kier molecular flexibility index (Phi) is 10.2. The van der Waals surface area contributed by atoms with Crippen molar-refractivity contribution in [3.05, 3.63) is 35.6 Å². The van der Waals surface area contributed by atoms with Crippen LogP contribution in [0.2, 0.25) is 0 Å². The van der Waals surface area contributed by atoms with Crippen LogP contribution in [0.25, 0.3) is 0 Å². The number of ether oxygens (including phenoxy) is 1. The number of fused-ring (bicyclic) bond motifs is 1. The van der Waals surface area contributed by atoms with E-state index in [1.807, 2.05) is 0 Å². The molecule has 0 aromatic carbocycles. The lowest BCUT2D eigenvalue weighted by Gasteiger charge is -2.47. The monoisotopic (exact) mass is 633 g/mol. The first-order valence-electron chi connectivity index (χ1n) is 12.7. The number of likely N-dealkylation sites (N-methyl/N-ethyl adjacent to an activating group) is 1. The second-order valence-corrected chi connectivity index (χ2v) is 11.1. The first-order valence-corrected chi connectivity index (χ1v) is 13.8.